The number of hydrogen-bond donors (Lipinski definition) is 2. The first-order chi connectivity index (χ1) is 15.9. The number of benzene rings is 1. The number of nitrogens with zero attached hydrogens (tertiary/aromatic N) is 3. The summed E-state index contributed by atoms with van der Waals surface area (Å²) < 4.78 is 55.1. The highest BCUT2D eigenvalue weighted by molar-refractivity contribution is 6.39. The lowest BCUT2D eigenvalue weighted by molar-refractivity contribution is -0.210. The summed E-state index contributed by atoms with van der Waals surface area (Å²) in [5, 5.41) is 2.48. The average molecular weight is 479 g/mol. The molecule has 1 aliphatic carbocycles. The Labute approximate surface area is 193 Å². The smallest absolute Gasteiger partial charge is 0.383 e. The van der Waals surface area contributed by atoms with Gasteiger partial charge in [-0.3, -0.25) is 14.5 Å². The number of halogens is 4. The maximum Gasteiger partial charge on any atom is 0.406 e. The van der Waals surface area contributed by atoms with Gasteiger partial charge in [0.2, 0.25) is 0 Å². The Morgan fingerprint density at radius 1 is 1.18 bits per heavy atom. The number of rotatable bonds is 3. The van der Waals surface area contributed by atoms with Crippen LogP contribution in [-0.2, 0) is 9.59 Å². The molecule has 2 amide bonds. The SMILES string of the molecule is Cc1cc(NC(=O)C(=O)N2C[C@H](C)N(C3(C(F)(F)F)CC3)C[C@H]2c2ccc(F)cc2)cnc1N. The predicted molar refractivity (Wildman–Crippen MR) is 117 cm³/mol. The zero-order valence-electron chi connectivity index (χ0n) is 18.7. The van der Waals surface area contributed by atoms with E-state index < -0.39 is 41.4 Å². The van der Waals surface area contributed by atoms with E-state index in [1.54, 1.807) is 19.9 Å². The number of carbonyl (C=O) groups excluding carboxylic acids is 2. The summed E-state index contributed by atoms with van der Waals surface area (Å²) in [6, 6.07) is 5.27. The first kappa shape index (κ1) is 23.9. The van der Waals surface area contributed by atoms with Crippen LogP contribution in [0.2, 0.25) is 0 Å². The van der Waals surface area contributed by atoms with Gasteiger partial charge in [-0.15, -0.1) is 0 Å². The lowest BCUT2D eigenvalue weighted by Gasteiger charge is -2.48. The van der Waals surface area contributed by atoms with Crippen LogP contribution in [0.15, 0.2) is 36.5 Å². The van der Waals surface area contributed by atoms with Crippen LogP contribution in [0.1, 0.15) is 36.9 Å². The molecule has 7 nitrogen and oxygen atoms in total. The standard InChI is InChI=1S/C23H25F4N5O2/c1-13-9-17(10-29-19(13)28)30-20(33)21(34)31-11-14(2)32(22(7-8-22)23(25,26)27)12-18(31)15-3-5-16(24)6-4-15/h3-6,9-10,14,18H,7-8,11-12H2,1-2H3,(H2,28,29)(H,30,33)/t14-,18-/m0/s1. The number of hydrogen-bond acceptors (Lipinski definition) is 5. The van der Waals surface area contributed by atoms with Crippen molar-refractivity contribution in [1.82, 2.24) is 14.8 Å². The minimum Gasteiger partial charge on any atom is -0.383 e. The topological polar surface area (TPSA) is 91.6 Å². The van der Waals surface area contributed by atoms with Crippen molar-refractivity contribution in [3.05, 3.63) is 53.5 Å². The van der Waals surface area contributed by atoms with Gasteiger partial charge in [-0.05, 0) is 56.0 Å². The Balaban J connectivity index is 1.62. The first-order valence-electron chi connectivity index (χ1n) is 10.9. The van der Waals surface area contributed by atoms with Gasteiger partial charge < -0.3 is 16.0 Å². The van der Waals surface area contributed by atoms with Gasteiger partial charge in [-0.2, -0.15) is 13.2 Å². The molecule has 11 heteroatoms. The number of piperazine rings is 1. The molecular weight excluding hydrogens is 454 g/mol. The molecule has 1 aromatic heterocycles. The zero-order valence-corrected chi connectivity index (χ0v) is 18.7. The molecular formula is C23H25F4N5O2. The maximum atomic E-state index is 13.9. The van der Waals surface area contributed by atoms with Gasteiger partial charge >= 0.3 is 18.0 Å². The minimum atomic E-state index is -4.42. The number of aromatic nitrogens is 1. The quantitative estimate of drug-likeness (QED) is 0.520. The molecule has 2 heterocycles. The van der Waals surface area contributed by atoms with Crippen molar-refractivity contribution in [2.45, 2.75) is 50.5 Å². The van der Waals surface area contributed by atoms with E-state index in [0.717, 1.165) is 0 Å². The number of pyridine rings is 1. The van der Waals surface area contributed by atoms with E-state index >= 15 is 0 Å². The molecule has 1 saturated heterocycles. The highest BCUT2D eigenvalue weighted by Gasteiger charge is 2.68. The minimum absolute atomic E-state index is 0.0189. The molecule has 3 N–H and O–H groups in total. The Hall–Kier alpha value is -3.21. The number of nitrogens with one attached hydrogen (secondary N) is 1. The molecule has 2 atom stereocenters. The van der Waals surface area contributed by atoms with Crippen LogP contribution in [0.5, 0.6) is 0 Å². The first-order valence-corrected chi connectivity index (χ1v) is 10.9. The van der Waals surface area contributed by atoms with E-state index in [4.69, 9.17) is 5.73 Å². The molecule has 182 valence electrons. The van der Waals surface area contributed by atoms with E-state index in [9.17, 15) is 27.2 Å². The lowest BCUT2D eigenvalue weighted by atomic mass is 9.96. The third-order valence-electron chi connectivity index (χ3n) is 6.63. The lowest BCUT2D eigenvalue weighted by Crippen LogP contribution is -2.63. The second-order valence-corrected chi connectivity index (χ2v) is 8.94. The van der Waals surface area contributed by atoms with E-state index in [1.807, 2.05) is 0 Å². The maximum absolute atomic E-state index is 13.9. The number of nitrogens with two attached hydrogens (primary N) is 1. The molecule has 2 aliphatic rings. The second kappa shape index (κ2) is 8.53. The van der Waals surface area contributed by atoms with E-state index in [0.29, 0.717) is 11.1 Å². The van der Waals surface area contributed by atoms with Crippen LogP contribution in [0.25, 0.3) is 0 Å². The van der Waals surface area contributed by atoms with Gasteiger partial charge in [-0.1, -0.05) is 12.1 Å². The van der Waals surface area contributed by atoms with Gasteiger partial charge in [-0.25, -0.2) is 9.37 Å². The highest BCUT2D eigenvalue weighted by Crippen LogP contribution is 2.55. The highest BCUT2D eigenvalue weighted by atomic mass is 19.4. The van der Waals surface area contributed by atoms with Crippen molar-refractivity contribution in [3.63, 3.8) is 0 Å². The Bertz CT molecular complexity index is 1100. The van der Waals surface area contributed by atoms with Crippen LogP contribution in [0.4, 0.5) is 29.1 Å². The summed E-state index contributed by atoms with van der Waals surface area (Å²) in [5.41, 5.74) is 5.07. The Morgan fingerprint density at radius 2 is 1.82 bits per heavy atom. The van der Waals surface area contributed by atoms with Gasteiger partial charge in [0.05, 0.1) is 17.9 Å². The molecule has 0 radical (unpaired) electrons. The van der Waals surface area contributed by atoms with Crippen LogP contribution in [-0.4, -0.2) is 57.4 Å². The third-order valence-corrected chi connectivity index (χ3v) is 6.63. The van der Waals surface area contributed by atoms with Gasteiger partial charge in [0.25, 0.3) is 0 Å². The molecule has 1 aromatic carbocycles. The van der Waals surface area contributed by atoms with Crippen LogP contribution in [0.3, 0.4) is 0 Å². The van der Waals surface area contributed by atoms with Crippen molar-refractivity contribution >= 4 is 23.3 Å². The summed E-state index contributed by atoms with van der Waals surface area (Å²) in [7, 11) is 0. The van der Waals surface area contributed by atoms with E-state index in [2.05, 4.69) is 10.3 Å². The fraction of sp³-hybridized carbons (Fsp3) is 0.435. The van der Waals surface area contributed by atoms with Crippen molar-refractivity contribution in [1.29, 1.82) is 0 Å². The molecule has 2 aromatic rings. The normalized spacial score (nSPS) is 22.4. The van der Waals surface area contributed by atoms with Crippen LogP contribution >= 0.6 is 0 Å². The predicted octanol–water partition coefficient (Wildman–Crippen LogP) is 3.42. The van der Waals surface area contributed by atoms with E-state index in [1.165, 1.54) is 40.3 Å². The van der Waals surface area contributed by atoms with Gasteiger partial charge in [0, 0.05) is 19.1 Å². The average Bonchev–Trinajstić information content (AvgIpc) is 3.58. The number of alkyl halides is 3. The molecule has 0 unspecified atom stereocenters. The van der Waals surface area contributed by atoms with Crippen molar-refractivity contribution in [2.24, 2.45) is 0 Å². The molecule has 2 fully saturated rings. The van der Waals surface area contributed by atoms with Gasteiger partial charge in [0.1, 0.15) is 17.2 Å². The van der Waals surface area contributed by atoms with Crippen molar-refractivity contribution in [3.8, 4) is 0 Å². The Kier molecular flexibility index (Phi) is 6.01. The number of aryl methyl sites for hydroxylation is 1. The summed E-state index contributed by atoms with van der Waals surface area (Å²) in [5.74, 6) is -2.08. The summed E-state index contributed by atoms with van der Waals surface area (Å²) >= 11 is 0. The summed E-state index contributed by atoms with van der Waals surface area (Å²) in [6.45, 7) is 3.08. The largest absolute Gasteiger partial charge is 0.406 e. The molecule has 4 rings (SSSR count). The number of amides is 2. The second-order valence-electron chi connectivity index (χ2n) is 8.94. The van der Waals surface area contributed by atoms with E-state index in [-0.39, 0.29) is 37.4 Å². The molecule has 34 heavy (non-hydrogen) atoms. The van der Waals surface area contributed by atoms with Gasteiger partial charge in [0.15, 0.2) is 0 Å². The molecule has 0 bridgehead atoms. The Morgan fingerprint density at radius 3 is 2.38 bits per heavy atom. The fourth-order valence-corrected chi connectivity index (χ4v) is 4.59. The monoisotopic (exact) mass is 479 g/mol. The molecule has 1 saturated carbocycles. The molecule has 1 aliphatic heterocycles. The summed E-state index contributed by atoms with van der Waals surface area (Å²) in [4.78, 5) is 32.5. The fourth-order valence-electron chi connectivity index (χ4n) is 4.59. The third kappa shape index (κ3) is 4.31. The van der Waals surface area contributed by atoms with Crippen molar-refractivity contribution < 1.29 is 27.2 Å². The molecule has 0 spiro atoms. The van der Waals surface area contributed by atoms with Crippen molar-refractivity contribution in [2.75, 3.05) is 24.1 Å². The number of carbonyl (C=O) groups is 2. The van der Waals surface area contributed by atoms with Crippen LogP contribution < -0.4 is 11.1 Å². The number of anilines is 2. The zero-order chi connectivity index (χ0) is 24.8. The van der Waals surface area contributed by atoms with Crippen LogP contribution in [0, 0.1) is 12.7 Å². The summed E-state index contributed by atoms with van der Waals surface area (Å²) in [6.07, 6.45) is -3.15. The number of nitrogen functional groups attached to an aromatic ring is 1.